The van der Waals surface area contributed by atoms with E-state index in [0.717, 1.165) is 24.1 Å². The zero-order chi connectivity index (χ0) is 27.2. The Kier molecular flexibility index (Phi) is 8.53. The van der Waals surface area contributed by atoms with Gasteiger partial charge in [-0.3, -0.25) is 9.59 Å². The summed E-state index contributed by atoms with van der Waals surface area (Å²) in [7, 11) is 0. The van der Waals surface area contributed by atoms with Crippen molar-refractivity contribution >= 4 is 17.7 Å². The van der Waals surface area contributed by atoms with Crippen LogP contribution in [0.1, 0.15) is 65.0 Å². The van der Waals surface area contributed by atoms with Gasteiger partial charge in [0.2, 0.25) is 0 Å². The van der Waals surface area contributed by atoms with Crippen LogP contribution < -0.4 is 4.74 Å². The van der Waals surface area contributed by atoms with Gasteiger partial charge in [0, 0.05) is 12.0 Å². The number of carbonyl (C=O) groups excluding carboxylic acids is 3. The van der Waals surface area contributed by atoms with E-state index in [2.05, 4.69) is 25.5 Å². The molecule has 0 heterocycles. The molecule has 3 aromatic rings. The van der Waals surface area contributed by atoms with E-state index < -0.39 is 35.8 Å². The summed E-state index contributed by atoms with van der Waals surface area (Å²) in [5.74, 6) is -3.83. The minimum Gasteiger partial charge on any atom is -0.406 e. The van der Waals surface area contributed by atoms with Crippen molar-refractivity contribution in [3.63, 3.8) is 0 Å². The van der Waals surface area contributed by atoms with Crippen LogP contribution in [0.25, 0.3) is 0 Å². The summed E-state index contributed by atoms with van der Waals surface area (Å²) in [6, 6.07) is 19.5. The summed E-state index contributed by atoms with van der Waals surface area (Å²) < 4.78 is 46.2. The largest absolute Gasteiger partial charge is 0.573 e. The van der Waals surface area contributed by atoms with Gasteiger partial charge in [0.1, 0.15) is 5.75 Å². The first-order valence-electron chi connectivity index (χ1n) is 11.6. The molecule has 0 aliphatic carbocycles. The van der Waals surface area contributed by atoms with Gasteiger partial charge in [-0.1, -0.05) is 63.2 Å². The fraction of sp³-hybridized carbons (Fsp3) is 0.276. The van der Waals surface area contributed by atoms with Crippen molar-refractivity contribution in [3.8, 4) is 5.75 Å². The van der Waals surface area contributed by atoms with Gasteiger partial charge in [-0.2, -0.15) is 0 Å². The molecule has 194 valence electrons. The zero-order valence-corrected chi connectivity index (χ0v) is 20.7. The fourth-order valence-electron chi connectivity index (χ4n) is 3.76. The molecule has 0 aliphatic rings. The van der Waals surface area contributed by atoms with Gasteiger partial charge in [0.25, 0.3) is 0 Å². The lowest BCUT2D eigenvalue weighted by Gasteiger charge is -2.19. The molecule has 0 amide bonds. The quantitative estimate of drug-likeness (QED) is 0.186. The van der Waals surface area contributed by atoms with E-state index in [1.54, 1.807) is 30.3 Å². The van der Waals surface area contributed by atoms with Crippen molar-refractivity contribution in [3.05, 3.63) is 101 Å². The number of carbonyl (C=O) groups is 3. The van der Waals surface area contributed by atoms with Gasteiger partial charge in [-0.25, -0.2) is 4.79 Å². The first-order valence-corrected chi connectivity index (χ1v) is 11.6. The second-order valence-electron chi connectivity index (χ2n) is 9.81. The molecule has 5 nitrogen and oxygen atoms in total. The van der Waals surface area contributed by atoms with Crippen LogP contribution in [-0.4, -0.2) is 24.1 Å². The maximum atomic E-state index is 13.1. The summed E-state index contributed by atoms with van der Waals surface area (Å²) >= 11 is 0. The Labute approximate surface area is 213 Å². The number of alkyl halides is 3. The van der Waals surface area contributed by atoms with Crippen LogP contribution in [0, 0.1) is 5.41 Å². The highest BCUT2D eigenvalue weighted by atomic mass is 19.4. The van der Waals surface area contributed by atoms with Gasteiger partial charge in [-0.05, 0) is 59.4 Å². The molecule has 0 aliphatic heterocycles. The third kappa shape index (κ3) is 8.59. The van der Waals surface area contributed by atoms with Gasteiger partial charge in [0.15, 0.2) is 5.78 Å². The molecule has 37 heavy (non-hydrogen) atoms. The molecule has 0 saturated heterocycles. The highest BCUT2D eigenvalue weighted by Gasteiger charge is 2.31. The molecule has 0 N–H and O–H groups in total. The number of benzene rings is 3. The van der Waals surface area contributed by atoms with Crippen LogP contribution in [0.15, 0.2) is 78.9 Å². The number of esters is 2. The maximum absolute atomic E-state index is 13.1. The van der Waals surface area contributed by atoms with Crippen LogP contribution in [-0.2, 0) is 16.0 Å². The van der Waals surface area contributed by atoms with Crippen molar-refractivity contribution in [2.45, 2.75) is 45.9 Å². The van der Waals surface area contributed by atoms with Crippen LogP contribution in [0.4, 0.5) is 13.2 Å². The van der Waals surface area contributed by atoms with Crippen LogP contribution >= 0.6 is 0 Å². The molecular weight excluding hydrogens is 485 g/mol. The van der Waals surface area contributed by atoms with E-state index in [1.165, 1.54) is 24.3 Å². The molecule has 0 fully saturated rings. The number of halogens is 3. The first kappa shape index (κ1) is 27.6. The fourth-order valence-corrected chi connectivity index (χ4v) is 3.76. The standard InChI is InChI=1S/C29H27F3O5/c1-28(2,3)18-19-9-11-20(12-10-19)24(27(35)36-26(34)22-7-5-4-6-8-22)17-25(33)21-13-15-23(16-14-21)37-29(30,31)32/h4-16,24H,17-18H2,1-3H3. The number of hydrogen-bond donors (Lipinski definition) is 0. The third-order valence-corrected chi connectivity index (χ3v) is 5.40. The summed E-state index contributed by atoms with van der Waals surface area (Å²) in [6.07, 6.45) is -4.41. The molecule has 3 rings (SSSR count). The average molecular weight is 513 g/mol. The third-order valence-electron chi connectivity index (χ3n) is 5.40. The Morgan fingerprint density at radius 2 is 1.38 bits per heavy atom. The van der Waals surface area contributed by atoms with Gasteiger partial charge in [-0.15, -0.1) is 13.2 Å². The summed E-state index contributed by atoms with van der Waals surface area (Å²) in [5.41, 5.74) is 1.83. The Bertz CT molecular complexity index is 1230. The first-order chi connectivity index (χ1) is 17.3. The molecule has 0 radical (unpaired) electrons. The maximum Gasteiger partial charge on any atom is 0.573 e. The lowest BCUT2D eigenvalue weighted by Crippen LogP contribution is -2.23. The Balaban J connectivity index is 1.83. The molecule has 0 spiro atoms. The van der Waals surface area contributed by atoms with Gasteiger partial charge < -0.3 is 9.47 Å². The minimum atomic E-state index is -4.86. The predicted octanol–water partition coefficient (Wildman–Crippen LogP) is 6.91. The normalized spacial score (nSPS) is 12.5. The van der Waals surface area contributed by atoms with Crippen molar-refractivity contribution in [2.75, 3.05) is 0 Å². The topological polar surface area (TPSA) is 69.7 Å². The Morgan fingerprint density at radius 3 is 1.92 bits per heavy atom. The number of hydrogen-bond acceptors (Lipinski definition) is 5. The van der Waals surface area contributed by atoms with E-state index in [-0.39, 0.29) is 23.0 Å². The summed E-state index contributed by atoms with van der Waals surface area (Å²) in [6.45, 7) is 6.29. The summed E-state index contributed by atoms with van der Waals surface area (Å²) in [5, 5.41) is 0. The van der Waals surface area contributed by atoms with E-state index in [9.17, 15) is 27.6 Å². The molecule has 0 bridgehead atoms. The van der Waals surface area contributed by atoms with E-state index in [0.29, 0.717) is 5.56 Å². The van der Waals surface area contributed by atoms with Crippen molar-refractivity contribution in [1.29, 1.82) is 0 Å². The van der Waals surface area contributed by atoms with Crippen molar-refractivity contribution in [2.24, 2.45) is 5.41 Å². The number of ketones is 1. The van der Waals surface area contributed by atoms with Crippen LogP contribution in [0.5, 0.6) is 5.75 Å². The SMILES string of the molecule is CC(C)(C)Cc1ccc(C(CC(=O)c2ccc(OC(F)(F)F)cc2)C(=O)OC(=O)c2ccccc2)cc1. The molecule has 8 heteroatoms. The monoisotopic (exact) mass is 512 g/mol. The Morgan fingerprint density at radius 1 is 0.784 bits per heavy atom. The lowest BCUT2D eigenvalue weighted by molar-refractivity contribution is -0.274. The smallest absolute Gasteiger partial charge is 0.406 e. The second-order valence-corrected chi connectivity index (χ2v) is 9.81. The molecule has 0 saturated carbocycles. The Hall–Kier alpha value is -3.94. The van der Waals surface area contributed by atoms with Crippen LogP contribution in [0.2, 0.25) is 0 Å². The van der Waals surface area contributed by atoms with E-state index >= 15 is 0 Å². The van der Waals surface area contributed by atoms with Crippen molar-refractivity contribution < 1.29 is 37.0 Å². The molecule has 1 atom stereocenters. The van der Waals surface area contributed by atoms with Gasteiger partial charge in [0.05, 0.1) is 11.5 Å². The highest BCUT2D eigenvalue weighted by molar-refractivity contribution is 6.02. The number of Topliss-reactive ketones (excluding diaryl/α,β-unsaturated/α-hetero) is 1. The summed E-state index contributed by atoms with van der Waals surface area (Å²) in [4.78, 5) is 38.5. The van der Waals surface area contributed by atoms with Gasteiger partial charge >= 0.3 is 18.3 Å². The van der Waals surface area contributed by atoms with E-state index in [1.807, 2.05) is 12.1 Å². The highest BCUT2D eigenvalue weighted by Crippen LogP contribution is 2.28. The predicted molar refractivity (Wildman–Crippen MR) is 131 cm³/mol. The minimum absolute atomic E-state index is 0.0416. The second kappa shape index (κ2) is 11.4. The van der Waals surface area contributed by atoms with Crippen molar-refractivity contribution in [1.82, 2.24) is 0 Å². The number of rotatable bonds is 8. The van der Waals surface area contributed by atoms with E-state index in [4.69, 9.17) is 4.74 Å². The molecular formula is C29H27F3O5. The molecule has 1 unspecified atom stereocenters. The number of ether oxygens (including phenoxy) is 2. The lowest BCUT2D eigenvalue weighted by atomic mass is 9.86. The van der Waals surface area contributed by atoms with Crippen LogP contribution in [0.3, 0.4) is 0 Å². The average Bonchev–Trinajstić information content (AvgIpc) is 2.82. The molecule has 3 aromatic carbocycles. The zero-order valence-electron chi connectivity index (χ0n) is 20.7. The molecule has 0 aromatic heterocycles.